The number of nitrogens with one attached hydrogen (secondary N) is 2. The smallest absolute Gasteiger partial charge is 0.228 e. The molecule has 0 atom stereocenters. The molecule has 0 fully saturated rings. The van der Waals surface area contributed by atoms with Crippen molar-refractivity contribution < 1.29 is 23.8 Å². The summed E-state index contributed by atoms with van der Waals surface area (Å²) in [5.74, 6) is 0.0185. The Morgan fingerprint density at radius 1 is 0.786 bits per heavy atom. The summed E-state index contributed by atoms with van der Waals surface area (Å²) >= 11 is 0. The van der Waals surface area contributed by atoms with Crippen LogP contribution in [0.15, 0.2) is 0 Å². The van der Waals surface area contributed by atoms with Crippen LogP contribution in [0.3, 0.4) is 0 Å². The number of rotatable bonds is 17. The molecule has 0 rings (SSSR count). The molecular formula is C21H42N2O5. The Hall–Kier alpha value is -1.18. The number of amides is 2. The van der Waals surface area contributed by atoms with Crippen molar-refractivity contribution in [1.29, 1.82) is 0 Å². The highest BCUT2D eigenvalue weighted by Crippen LogP contribution is 2.22. The molecule has 0 aromatic rings. The van der Waals surface area contributed by atoms with Crippen molar-refractivity contribution in [2.24, 2.45) is 10.8 Å². The fourth-order valence-corrected chi connectivity index (χ4v) is 2.13. The highest BCUT2D eigenvalue weighted by Gasteiger charge is 2.28. The monoisotopic (exact) mass is 402 g/mol. The van der Waals surface area contributed by atoms with Crippen LogP contribution < -0.4 is 10.6 Å². The molecule has 0 aromatic carbocycles. The maximum absolute atomic E-state index is 12.3. The van der Waals surface area contributed by atoms with E-state index in [0.717, 1.165) is 12.8 Å². The minimum atomic E-state index is -0.574. The van der Waals surface area contributed by atoms with Gasteiger partial charge in [0.1, 0.15) is 0 Å². The first-order chi connectivity index (χ1) is 13.1. The van der Waals surface area contributed by atoms with E-state index in [2.05, 4.69) is 31.4 Å². The number of hydrogen-bond donors (Lipinski definition) is 2. The third kappa shape index (κ3) is 13.9. The highest BCUT2D eigenvalue weighted by atomic mass is 16.5. The molecule has 7 heteroatoms. The van der Waals surface area contributed by atoms with Crippen molar-refractivity contribution in [3.8, 4) is 0 Å². The lowest BCUT2D eigenvalue weighted by Crippen LogP contribution is -2.42. The first-order valence-electron chi connectivity index (χ1n) is 10.4. The van der Waals surface area contributed by atoms with Crippen LogP contribution in [0.5, 0.6) is 0 Å². The predicted octanol–water partition coefficient (Wildman–Crippen LogP) is 2.53. The zero-order valence-electron chi connectivity index (χ0n) is 18.8. The number of ether oxygens (including phenoxy) is 3. The lowest BCUT2D eigenvalue weighted by molar-refractivity contribution is -0.133. The molecule has 0 unspecified atom stereocenters. The standard InChI is InChI=1S/C21H42N2O5/c1-7-9-18(24)22-10-12-26-14-15-27-13-11-23-19(25)21(5,6)17-28-16-20(3,4)8-2/h7-17H2,1-6H3,(H,22,24)(H,23,25). The van der Waals surface area contributed by atoms with Gasteiger partial charge in [0.2, 0.25) is 11.8 Å². The summed E-state index contributed by atoms with van der Waals surface area (Å²) in [5, 5.41) is 5.67. The van der Waals surface area contributed by atoms with E-state index in [0.29, 0.717) is 59.2 Å². The Labute approximate surface area is 171 Å². The minimum Gasteiger partial charge on any atom is -0.380 e. The molecular weight excluding hydrogens is 360 g/mol. The van der Waals surface area contributed by atoms with Gasteiger partial charge in [-0.25, -0.2) is 0 Å². The van der Waals surface area contributed by atoms with E-state index < -0.39 is 5.41 Å². The van der Waals surface area contributed by atoms with Crippen LogP contribution in [-0.2, 0) is 23.8 Å². The Bertz CT molecular complexity index is 439. The average molecular weight is 403 g/mol. The summed E-state index contributed by atoms with van der Waals surface area (Å²) in [6.07, 6.45) is 2.43. The van der Waals surface area contributed by atoms with Gasteiger partial charge >= 0.3 is 0 Å². The summed E-state index contributed by atoms with van der Waals surface area (Å²) < 4.78 is 16.6. The summed E-state index contributed by atoms with van der Waals surface area (Å²) in [7, 11) is 0. The Morgan fingerprint density at radius 3 is 1.89 bits per heavy atom. The molecule has 0 aliphatic heterocycles. The van der Waals surface area contributed by atoms with E-state index in [1.165, 1.54) is 0 Å². The molecule has 0 bridgehead atoms. The van der Waals surface area contributed by atoms with E-state index in [1.54, 1.807) is 0 Å². The molecule has 2 amide bonds. The third-order valence-corrected chi connectivity index (χ3v) is 4.48. The zero-order valence-corrected chi connectivity index (χ0v) is 18.8. The maximum Gasteiger partial charge on any atom is 0.228 e. The Balaban J connectivity index is 3.66. The summed E-state index contributed by atoms with van der Waals surface area (Å²) in [6, 6.07) is 0. The minimum absolute atomic E-state index is 0.0375. The van der Waals surface area contributed by atoms with Crippen molar-refractivity contribution in [1.82, 2.24) is 10.6 Å². The Kier molecular flexibility index (Phi) is 14.1. The molecule has 0 saturated heterocycles. The van der Waals surface area contributed by atoms with Gasteiger partial charge < -0.3 is 24.8 Å². The van der Waals surface area contributed by atoms with Crippen molar-refractivity contribution in [2.45, 2.75) is 60.8 Å². The van der Waals surface area contributed by atoms with Crippen molar-refractivity contribution in [2.75, 3.05) is 52.7 Å². The van der Waals surface area contributed by atoms with Gasteiger partial charge in [-0.3, -0.25) is 9.59 Å². The van der Waals surface area contributed by atoms with Gasteiger partial charge in [0.15, 0.2) is 0 Å². The van der Waals surface area contributed by atoms with E-state index in [4.69, 9.17) is 14.2 Å². The van der Waals surface area contributed by atoms with Gasteiger partial charge in [0.05, 0.1) is 45.1 Å². The molecule has 28 heavy (non-hydrogen) atoms. The maximum atomic E-state index is 12.3. The molecule has 2 N–H and O–H groups in total. The summed E-state index contributed by atoms with van der Waals surface area (Å²) in [5.41, 5.74) is -0.446. The van der Waals surface area contributed by atoms with E-state index in [1.807, 2.05) is 20.8 Å². The van der Waals surface area contributed by atoms with E-state index in [-0.39, 0.29) is 17.2 Å². The molecule has 0 aliphatic rings. The lowest BCUT2D eigenvalue weighted by atomic mass is 9.90. The largest absolute Gasteiger partial charge is 0.380 e. The second-order valence-electron chi connectivity index (χ2n) is 8.48. The molecule has 166 valence electrons. The van der Waals surface area contributed by atoms with Gasteiger partial charge in [-0.15, -0.1) is 0 Å². The molecule has 0 saturated carbocycles. The first kappa shape index (κ1) is 26.8. The topological polar surface area (TPSA) is 85.9 Å². The van der Waals surface area contributed by atoms with Gasteiger partial charge in [0.25, 0.3) is 0 Å². The quantitative estimate of drug-likeness (QED) is 0.365. The van der Waals surface area contributed by atoms with Crippen molar-refractivity contribution in [3.05, 3.63) is 0 Å². The number of carbonyl (C=O) groups is 2. The van der Waals surface area contributed by atoms with Crippen LogP contribution in [0.25, 0.3) is 0 Å². The molecule has 0 radical (unpaired) electrons. The van der Waals surface area contributed by atoms with Gasteiger partial charge in [0, 0.05) is 19.5 Å². The molecule has 0 heterocycles. The fourth-order valence-electron chi connectivity index (χ4n) is 2.13. The van der Waals surface area contributed by atoms with Crippen LogP contribution in [-0.4, -0.2) is 64.5 Å². The molecule has 0 aromatic heterocycles. The molecule has 0 spiro atoms. The Morgan fingerprint density at radius 2 is 1.36 bits per heavy atom. The van der Waals surface area contributed by atoms with Crippen LogP contribution in [0.1, 0.15) is 60.8 Å². The summed E-state index contributed by atoms with van der Waals surface area (Å²) in [4.78, 5) is 23.6. The van der Waals surface area contributed by atoms with Crippen LogP contribution >= 0.6 is 0 Å². The van der Waals surface area contributed by atoms with Crippen LogP contribution in [0, 0.1) is 10.8 Å². The van der Waals surface area contributed by atoms with E-state index >= 15 is 0 Å². The predicted molar refractivity (Wildman–Crippen MR) is 111 cm³/mol. The van der Waals surface area contributed by atoms with Crippen LogP contribution in [0.4, 0.5) is 0 Å². The average Bonchev–Trinajstić information content (AvgIpc) is 2.62. The van der Waals surface area contributed by atoms with Crippen LogP contribution in [0.2, 0.25) is 0 Å². The first-order valence-corrected chi connectivity index (χ1v) is 10.4. The van der Waals surface area contributed by atoms with Gasteiger partial charge in [-0.05, 0) is 32.1 Å². The van der Waals surface area contributed by atoms with Crippen molar-refractivity contribution in [3.63, 3.8) is 0 Å². The molecule has 7 nitrogen and oxygen atoms in total. The zero-order chi connectivity index (χ0) is 21.5. The van der Waals surface area contributed by atoms with Crippen molar-refractivity contribution >= 4 is 11.8 Å². The SMILES string of the molecule is CCCC(=O)NCCOCCOCCNC(=O)C(C)(C)COCC(C)(C)CC. The second-order valence-corrected chi connectivity index (χ2v) is 8.48. The van der Waals surface area contributed by atoms with Gasteiger partial charge in [-0.2, -0.15) is 0 Å². The van der Waals surface area contributed by atoms with E-state index in [9.17, 15) is 9.59 Å². The second kappa shape index (κ2) is 14.8. The third-order valence-electron chi connectivity index (χ3n) is 4.48. The normalized spacial score (nSPS) is 12.1. The molecule has 0 aliphatic carbocycles. The highest BCUT2D eigenvalue weighted by molar-refractivity contribution is 5.81. The summed E-state index contributed by atoms with van der Waals surface area (Å²) in [6.45, 7) is 16.0. The van der Waals surface area contributed by atoms with Gasteiger partial charge in [-0.1, -0.05) is 27.7 Å². The lowest BCUT2D eigenvalue weighted by Gasteiger charge is -2.27. The number of hydrogen-bond acceptors (Lipinski definition) is 5. The number of carbonyl (C=O) groups excluding carboxylic acids is 2. The fraction of sp³-hybridized carbons (Fsp3) is 0.905.